The maximum absolute atomic E-state index is 10.5. The Kier molecular flexibility index (Phi) is 1.51. The van der Waals surface area contributed by atoms with Gasteiger partial charge in [-0.15, -0.1) is 0 Å². The van der Waals surface area contributed by atoms with Gasteiger partial charge in [0.25, 0.3) is 0 Å². The molecule has 0 radical (unpaired) electrons. The summed E-state index contributed by atoms with van der Waals surface area (Å²) in [5.74, 6) is 0. The van der Waals surface area contributed by atoms with Crippen LogP contribution in [0, 0.1) is 0 Å². The van der Waals surface area contributed by atoms with Gasteiger partial charge >= 0.3 is 0 Å². The number of hydrogen-bond donors (Lipinski definition) is 2. The zero-order valence-electron chi connectivity index (χ0n) is 6.24. The molecule has 12 heavy (non-hydrogen) atoms. The van der Waals surface area contributed by atoms with Gasteiger partial charge < -0.3 is 9.97 Å². The summed E-state index contributed by atoms with van der Waals surface area (Å²) in [6.45, 7) is 0. The standard InChI is InChI=1S/C8H7N3O/c12-4-7-8(11-5-10-7)6-1-2-9-3-6/h1-5,9H,(H,10,11). The minimum Gasteiger partial charge on any atom is -0.367 e. The summed E-state index contributed by atoms with van der Waals surface area (Å²) in [7, 11) is 0. The SMILES string of the molecule is O=Cc1[nH]cnc1-c1cc[nH]c1. The minimum atomic E-state index is 0.509. The van der Waals surface area contributed by atoms with E-state index in [1.54, 1.807) is 12.4 Å². The fourth-order valence-corrected chi connectivity index (χ4v) is 1.10. The van der Waals surface area contributed by atoms with Crippen LogP contribution in [0.15, 0.2) is 24.8 Å². The molecule has 2 aromatic rings. The van der Waals surface area contributed by atoms with Gasteiger partial charge in [-0.2, -0.15) is 0 Å². The van der Waals surface area contributed by atoms with Crippen LogP contribution in [0.3, 0.4) is 0 Å². The number of nitrogens with one attached hydrogen (secondary N) is 2. The van der Waals surface area contributed by atoms with Crippen molar-refractivity contribution in [2.45, 2.75) is 0 Å². The highest BCUT2D eigenvalue weighted by molar-refractivity contribution is 5.82. The van der Waals surface area contributed by atoms with Crippen LogP contribution in [-0.2, 0) is 0 Å². The number of aldehydes is 1. The first kappa shape index (κ1) is 6.84. The van der Waals surface area contributed by atoms with Crippen LogP contribution < -0.4 is 0 Å². The molecule has 0 aliphatic heterocycles. The van der Waals surface area contributed by atoms with Crippen LogP contribution in [0.5, 0.6) is 0 Å². The molecule has 2 N–H and O–H groups in total. The smallest absolute Gasteiger partial charge is 0.168 e. The highest BCUT2D eigenvalue weighted by atomic mass is 16.1. The summed E-state index contributed by atoms with van der Waals surface area (Å²) in [4.78, 5) is 20.2. The Hall–Kier alpha value is -1.84. The molecule has 2 aromatic heterocycles. The first-order valence-corrected chi connectivity index (χ1v) is 3.53. The number of carbonyl (C=O) groups is 1. The monoisotopic (exact) mass is 161 g/mol. The molecule has 0 atom stereocenters. The average Bonchev–Trinajstić information content (AvgIpc) is 2.74. The van der Waals surface area contributed by atoms with Gasteiger partial charge in [0.2, 0.25) is 0 Å². The lowest BCUT2D eigenvalue weighted by Gasteiger charge is -1.89. The van der Waals surface area contributed by atoms with Crippen LogP contribution in [-0.4, -0.2) is 21.2 Å². The molecule has 2 rings (SSSR count). The molecule has 0 aliphatic rings. The van der Waals surface area contributed by atoms with E-state index in [0.29, 0.717) is 11.4 Å². The van der Waals surface area contributed by atoms with Gasteiger partial charge in [0.15, 0.2) is 6.29 Å². The lowest BCUT2D eigenvalue weighted by atomic mass is 10.2. The number of H-pyrrole nitrogens is 2. The minimum absolute atomic E-state index is 0.509. The van der Waals surface area contributed by atoms with Crippen molar-refractivity contribution >= 4 is 6.29 Å². The first-order valence-electron chi connectivity index (χ1n) is 3.53. The van der Waals surface area contributed by atoms with Gasteiger partial charge in [-0.05, 0) is 6.07 Å². The van der Waals surface area contributed by atoms with Crippen molar-refractivity contribution in [2.75, 3.05) is 0 Å². The van der Waals surface area contributed by atoms with Crippen LogP contribution in [0.1, 0.15) is 10.5 Å². The molecular formula is C8H7N3O. The van der Waals surface area contributed by atoms with Crippen molar-refractivity contribution < 1.29 is 4.79 Å². The van der Waals surface area contributed by atoms with E-state index in [4.69, 9.17) is 0 Å². The highest BCUT2D eigenvalue weighted by Gasteiger charge is 2.06. The van der Waals surface area contributed by atoms with Crippen molar-refractivity contribution in [1.29, 1.82) is 0 Å². The Balaban J connectivity index is 2.53. The number of imidazole rings is 1. The number of aromatic nitrogens is 3. The summed E-state index contributed by atoms with van der Waals surface area (Å²) in [5.41, 5.74) is 2.11. The molecule has 4 heteroatoms. The van der Waals surface area contributed by atoms with E-state index in [-0.39, 0.29) is 0 Å². The maximum Gasteiger partial charge on any atom is 0.168 e. The zero-order chi connectivity index (χ0) is 8.39. The second-order valence-corrected chi connectivity index (χ2v) is 2.38. The Labute approximate surface area is 68.7 Å². The van der Waals surface area contributed by atoms with E-state index >= 15 is 0 Å². The number of rotatable bonds is 2. The molecule has 60 valence electrons. The summed E-state index contributed by atoms with van der Waals surface area (Å²) >= 11 is 0. The van der Waals surface area contributed by atoms with Crippen molar-refractivity contribution in [2.24, 2.45) is 0 Å². The quantitative estimate of drug-likeness (QED) is 0.650. The van der Waals surface area contributed by atoms with Gasteiger partial charge in [0.05, 0.1) is 6.33 Å². The van der Waals surface area contributed by atoms with Gasteiger partial charge in [0.1, 0.15) is 11.4 Å². The maximum atomic E-state index is 10.5. The van der Waals surface area contributed by atoms with Crippen molar-refractivity contribution in [3.63, 3.8) is 0 Å². The van der Waals surface area contributed by atoms with Crippen LogP contribution >= 0.6 is 0 Å². The molecule has 0 saturated carbocycles. The van der Waals surface area contributed by atoms with Crippen molar-refractivity contribution in [3.05, 3.63) is 30.5 Å². The average molecular weight is 161 g/mol. The Morgan fingerprint density at radius 3 is 3.08 bits per heavy atom. The van der Waals surface area contributed by atoms with Crippen LogP contribution in [0.2, 0.25) is 0 Å². The van der Waals surface area contributed by atoms with E-state index in [9.17, 15) is 4.79 Å². The number of carbonyl (C=O) groups excluding carboxylic acids is 1. The molecule has 0 aromatic carbocycles. The van der Waals surface area contributed by atoms with E-state index < -0.39 is 0 Å². The van der Waals surface area contributed by atoms with Crippen LogP contribution in [0.4, 0.5) is 0 Å². The van der Waals surface area contributed by atoms with E-state index in [0.717, 1.165) is 11.8 Å². The van der Waals surface area contributed by atoms with Crippen LogP contribution in [0.25, 0.3) is 11.3 Å². The molecule has 0 bridgehead atoms. The molecule has 0 unspecified atom stereocenters. The molecule has 0 fully saturated rings. The molecule has 0 spiro atoms. The first-order chi connectivity index (χ1) is 5.92. The van der Waals surface area contributed by atoms with E-state index in [2.05, 4.69) is 15.0 Å². The number of hydrogen-bond acceptors (Lipinski definition) is 2. The summed E-state index contributed by atoms with van der Waals surface area (Å²) in [5, 5.41) is 0. The fraction of sp³-hybridized carbons (Fsp3) is 0. The molecule has 0 saturated heterocycles. The lowest BCUT2D eigenvalue weighted by Crippen LogP contribution is -1.83. The molecule has 0 amide bonds. The normalized spacial score (nSPS) is 10.0. The predicted octanol–water partition coefficient (Wildman–Crippen LogP) is 1.22. The summed E-state index contributed by atoms with van der Waals surface area (Å²) in [6.07, 6.45) is 5.85. The van der Waals surface area contributed by atoms with Gasteiger partial charge in [-0.1, -0.05) is 0 Å². The summed E-state index contributed by atoms with van der Waals surface area (Å²) < 4.78 is 0. The third-order valence-electron chi connectivity index (χ3n) is 1.66. The molecule has 2 heterocycles. The topological polar surface area (TPSA) is 61.5 Å². The number of aromatic amines is 2. The summed E-state index contributed by atoms with van der Waals surface area (Å²) in [6, 6.07) is 1.86. The largest absolute Gasteiger partial charge is 0.367 e. The van der Waals surface area contributed by atoms with Crippen molar-refractivity contribution in [1.82, 2.24) is 15.0 Å². The predicted molar refractivity (Wildman–Crippen MR) is 43.8 cm³/mol. The molecule has 4 nitrogen and oxygen atoms in total. The van der Waals surface area contributed by atoms with Crippen molar-refractivity contribution in [3.8, 4) is 11.3 Å². The lowest BCUT2D eigenvalue weighted by molar-refractivity contribution is 0.112. The van der Waals surface area contributed by atoms with Gasteiger partial charge in [-0.3, -0.25) is 4.79 Å². The Morgan fingerprint density at radius 1 is 1.50 bits per heavy atom. The molecular weight excluding hydrogens is 154 g/mol. The third-order valence-corrected chi connectivity index (χ3v) is 1.66. The zero-order valence-corrected chi connectivity index (χ0v) is 6.24. The van der Waals surface area contributed by atoms with E-state index in [1.165, 1.54) is 6.33 Å². The van der Waals surface area contributed by atoms with Gasteiger partial charge in [-0.25, -0.2) is 4.98 Å². The fourth-order valence-electron chi connectivity index (χ4n) is 1.10. The number of nitrogens with zero attached hydrogens (tertiary/aromatic N) is 1. The van der Waals surface area contributed by atoms with Gasteiger partial charge in [0, 0.05) is 18.0 Å². The molecule has 0 aliphatic carbocycles. The Morgan fingerprint density at radius 2 is 2.42 bits per heavy atom. The highest BCUT2D eigenvalue weighted by Crippen LogP contribution is 2.17. The second kappa shape index (κ2) is 2.65. The third kappa shape index (κ3) is 0.934. The Bertz CT molecular complexity index is 375. The van der Waals surface area contributed by atoms with E-state index in [1.807, 2.05) is 6.07 Å². The second-order valence-electron chi connectivity index (χ2n) is 2.38.